The summed E-state index contributed by atoms with van der Waals surface area (Å²) in [4.78, 5) is 54.6. The van der Waals surface area contributed by atoms with Crippen molar-refractivity contribution in [1.29, 1.82) is 0 Å². The van der Waals surface area contributed by atoms with Crippen LogP contribution in [0.15, 0.2) is 72.8 Å². The minimum Gasteiger partial charge on any atom is -0.398 e. The Morgan fingerprint density at radius 1 is 1.00 bits per heavy atom. The number of amides is 4. The van der Waals surface area contributed by atoms with Gasteiger partial charge in [0.2, 0.25) is 17.7 Å². The normalized spacial score (nSPS) is 15.2. The SMILES string of the molecule is CC(=O)N(CC(=O)N[C@@H](C)C(=O)N1C(=O)C(C)c2ccccc2-c2c(N)cccc21)c1ccccc1. The Bertz CT molecular complexity index is 1340. The molecule has 1 heterocycles. The van der Waals surface area contributed by atoms with Crippen molar-refractivity contribution in [2.75, 3.05) is 22.1 Å². The van der Waals surface area contributed by atoms with E-state index < -0.39 is 29.7 Å². The van der Waals surface area contributed by atoms with Gasteiger partial charge in [-0.05, 0) is 49.2 Å². The number of benzene rings is 3. The number of carbonyl (C=O) groups is 4. The molecule has 4 rings (SSSR count). The minimum atomic E-state index is -1.03. The van der Waals surface area contributed by atoms with Crippen LogP contribution in [0.25, 0.3) is 11.1 Å². The van der Waals surface area contributed by atoms with Gasteiger partial charge < -0.3 is 16.0 Å². The van der Waals surface area contributed by atoms with Crippen LogP contribution in [0.2, 0.25) is 0 Å². The fourth-order valence-electron chi connectivity index (χ4n) is 4.49. The van der Waals surface area contributed by atoms with Crippen molar-refractivity contribution in [3.63, 3.8) is 0 Å². The van der Waals surface area contributed by atoms with E-state index in [1.807, 2.05) is 30.3 Å². The second kappa shape index (κ2) is 10.0. The van der Waals surface area contributed by atoms with E-state index >= 15 is 0 Å². The maximum Gasteiger partial charge on any atom is 0.256 e. The number of anilines is 3. The molecular weight excluding hydrogens is 456 g/mol. The van der Waals surface area contributed by atoms with Crippen LogP contribution in [-0.2, 0) is 19.2 Å². The lowest BCUT2D eigenvalue weighted by molar-refractivity contribution is -0.130. The average Bonchev–Trinajstić information content (AvgIpc) is 2.96. The van der Waals surface area contributed by atoms with Gasteiger partial charge in [-0.15, -0.1) is 0 Å². The first kappa shape index (κ1) is 24.7. The summed E-state index contributed by atoms with van der Waals surface area (Å²) in [5.74, 6) is -2.44. The van der Waals surface area contributed by atoms with E-state index in [4.69, 9.17) is 5.73 Å². The molecule has 36 heavy (non-hydrogen) atoms. The molecule has 8 nitrogen and oxygen atoms in total. The maximum atomic E-state index is 13.6. The first-order valence-electron chi connectivity index (χ1n) is 11.7. The lowest BCUT2D eigenvalue weighted by Gasteiger charge is -2.27. The average molecular weight is 485 g/mol. The molecule has 0 radical (unpaired) electrons. The lowest BCUT2D eigenvalue weighted by atomic mass is 9.92. The number of para-hydroxylation sites is 1. The van der Waals surface area contributed by atoms with Gasteiger partial charge in [0.15, 0.2) is 0 Å². The van der Waals surface area contributed by atoms with Crippen LogP contribution in [0.1, 0.15) is 32.3 Å². The predicted molar refractivity (Wildman–Crippen MR) is 139 cm³/mol. The summed E-state index contributed by atoms with van der Waals surface area (Å²) in [7, 11) is 0. The molecule has 0 aromatic heterocycles. The van der Waals surface area contributed by atoms with E-state index in [1.54, 1.807) is 49.4 Å². The Labute approximate surface area is 209 Å². The van der Waals surface area contributed by atoms with Crippen LogP contribution in [0.3, 0.4) is 0 Å². The number of nitrogens with one attached hydrogen (secondary N) is 1. The molecule has 3 aromatic carbocycles. The minimum absolute atomic E-state index is 0.268. The number of imide groups is 1. The smallest absolute Gasteiger partial charge is 0.256 e. The number of hydrogen-bond acceptors (Lipinski definition) is 5. The molecule has 8 heteroatoms. The van der Waals surface area contributed by atoms with Gasteiger partial charge in [-0.3, -0.25) is 19.2 Å². The summed E-state index contributed by atoms with van der Waals surface area (Å²) in [6.07, 6.45) is 0. The highest BCUT2D eigenvalue weighted by molar-refractivity contribution is 6.22. The lowest BCUT2D eigenvalue weighted by Crippen LogP contribution is -2.52. The number of rotatable bonds is 5. The highest BCUT2D eigenvalue weighted by Crippen LogP contribution is 2.44. The third-order valence-electron chi connectivity index (χ3n) is 6.32. The van der Waals surface area contributed by atoms with E-state index in [0.717, 1.165) is 16.0 Å². The Balaban J connectivity index is 1.62. The third-order valence-corrected chi connectivity index (χ3v) is 6.32. The molecule has 3 N–H and O–H groups in total. The van der Waals surface area contributed by atoms with Crippen molar-refractivity contribution in [2.45, 2.75) is 32.7 Å². The monoisotopic (exact) mass is 484 g/mol. The highest BCUT2D eigenvalue weighted by atomic mass is 16.2. The molecule has 0 saturated carbocycles. The molecule has 184 valence electrons. The largest absolute Gasteiger partial charge is 0.398 e. The first-order valence-corrected chi connectivity index (χ1v) is 11.7. The van der Waals surface area contributed by atoms with Gasteiger partial charge in [0.25, 0.3) is 5.91 Å². The van der Waals surface area contributed by atoms with Crippen molar-refractivity contribution >= 4 is 40.7 Å². The van der Waals surface area contributed by atoms with Gasteiger partial charge in [0, 0.05) is 23.9 Å². The fraction of sp³-hybridized carbons (Fsp3) is 0.214. The van der Waals surface area contributed by atoms with Crippen LogP contribution >= 0.6 is 0 Å². The van der Waals surface area contributed by atoms with E-state index in [2.05, 4.69) is 5.32 Å². The molecule has 0 fully saturated rings. The highest BCUT2D eigenvalue weighted by Gasteiger charge is 2.37. The van der Waals surface area contributed by atoms with Crippen LogP contribution < -0.4 is 20.9 Å². The van der Waals surface area contributed by atoms with Gasteiger partial charge in [-0.1, -0.05) is 48.5 Å². The maximum absolute atomic E-state index is 13.6. The van der Waals surface area contributed by atoms with Gasteiger partial charge in [0.1, 0.15) is 12.6 Å². The van der Waals surface area contributed by atoms with Crippen molar-refractivity contribution in [1.82, 2.24) is 5.32 Å². The Hall–Kier alpha value is -4.46. The molecular formula is C28H28N4O4. The number of nitrogens with zero attached hydrogens (tertiary/aromatic N) is 2. The molecule has 0 aliphatic carbocycles. The Morgan fingerprint density at radius 3 is 2.36 bits per heavy atom. The number of carbonyl (C=O) groups excluding carboxylic acids is 4. The third kappa shape index (κ3) is 4.57. The molecule has 0 bridgehead atoms. The molecule has 2 atom stereocenters. The van der Waals surface area contributed by atoms with Crippen molar-refractivity contribution in [3.05, 3.63) is 78.4 Å². The number of nitrogen functional groups attached to an aromatic ring is 1. The Morgan fingerprint density at radius 2 is 1.67 bits per heavy atom. The van der Waals surface area contributed by atoms with Crippen LogP contribution in [0, 0.1) is 0 Å². The topological polar surface area (TPSA) is 113 Å². The van der Waals surface area contributed by atoms with Crippen LogP contribution in [-0.4, -0.2) is 36.2 Å². The van der Waals surface area contributed by atoms with Crippen LogP contribution in [0.5, 0.6) is 0 Å². The number of hydrogen-bond donors (Lipinski definition) is 2. The summed E-state index contributed by atoms with van der Waals surface area (Å²) >= 11 is 0. The van der Waals surface area contributed by atoms with Crippen molar-refractivity contribution in [3.8, 4) is 11.1 Å². The number of nitrogens with two attached hydrogens (primary N) is 1. The molecule has 1 aliphatic rings. The second-order valence-corrected chi connectivity index (χ2v) is 8.79. The van der Waals surface area contributed by atoms with Gasteiger partial charge in [-0.25, -0.2) is 4.90 Å². The van der Waals surface area contributed by atoms with E-state index in [9.17, 15) is 19.2 Å². The zero-order valence-electron chi connectivity index (χ0n) is 20.4. The zero-order chi connectivity index (χ0) is 26.0. The molecule has 1 unspecified atom stereocenters. The molecule has 0 spiro atoms. The van der Waals surface area contributed by atoms with E-state index in [0.29, 0.717) is 22.6 Å². The first-order chi connectivity index (χ1) is 17.2. The van der Waals surface area contributed by atoms with Gasteiger partial charge in [0.05, 0.1) is 11.6 Å². The standard InChI is InChI=1S/C28H28N4O4/c1-17-21-12-7-8-13-22(21)26-23(29)14-9-15-24(26)32(27(17)35)28(36)18(2)30-25(34)16-31(19(3)33)20-10-5-4-6-11-20/h4-15,17-18H,16,29H2,1-3H3,(H,30,34)/t17?,18-/m0/s1. The summed E-state index contributed by atoms with van der Waals surface area (Å²) in [5, 5.41) is 2.65. The van der Waals surface area contributed by atoms with E-state index in [1.165, 1.54) is 18.7 Å². The summed E-state index contributed by atoms with van der Waals surface area (Å²) in [5.41, 5.74) is 9.86. The van der Waals surface area contributed by atoms with Crippen LogP contribution in [0.4, 0.5) is 17.1 Å². The molecule has 0 saturated heterocycles. The molecule has 1 aliphatic heterocycles. The van der Waals surface area contributed by atoms with Crippen molar-refractivity contribution < 1.29 is 19.2 Å². The summed E-state index contributed by atoms with van der Waals surface area (Å²) < 4.78 is 0. The van der Waals surface area contributed by atoms with Gasteiger partial charge in [-0.2, -0.15) is 0 Å². The number of fused-ring (bicyclic) bond motifs is 3. The molecule has 3 aromatic rings. The quantitative estimate of drug-likeness (QED) is 0.539. The summed E-state index contributed by atoms with van der Waals surface area (Å²) in [6.45, 7) is 4.36. The van der Waals surface area contributed by atoms with E-state index in [-0.39, 0.29) is 12.5 Å². The molecule has 4 amide bonds. The second-order valence-electron chi connectivity index (χ2n) is 8.79. The summed E-state index contributed by atoms with van der Waals surface area (Å²) in [6, 6.07) is 20.3. The zero-order valence-corrected chi connectivity index (χ0v) is 20.4. The van der Waals surface area contributed by atoms with Gasteiger partial charge >= 0.3 is 0 Å². The van der Waals surface area contributed by atoms with Crippen molar-refractivity contribution in [2.24, 2.45) is 0 Å². The Kier molecular flexibility index (Phi) is 6.87. The predicted octanol–water partition coefficient (Wildman–Crippen LogP) is 3.47. The fourth-order valence-corrected chi connectivity index (χ4v) is 4.49.